The maximum atomic E-state index is 13.0. The summed E-state index contributed by atoms with van der Waals surface area (Å²) in [5.41, 5.74) is 5.36. The van der Waals surface area contributed by atoms with Gasteiger partial charge >= 0.3 is 0 Å². The molecule has 0 bridgehead atoms. The lowest BCUT2D eigenvalue weighted by atomic mass is 9.86. The van der Waals surface area contributed by atoms with Crippen LogP contribution in [0.3, 0.4) is 0 Å². The Hall–Kier alpha value is -3.43. The van der Waals surface area contributed by atoms with Crippen LogP contribution in [0.15, 0.2) is 34.9 Å². The van der Waals surface area contributed by atoms with E-state index in [0.717, 1.165) is 0 Å². The second kappa shape index (κ2) is 13.1. The van der Waals surface area contributed by atoms with Gasteiger partial charge in [0.1, 0.15) is 11.4 Å². The molecular formula is C30H42N4O5. The van der Waals surface area contributed by atoms with Gasteiger partial charge in [0.25, 0.3) is 5.91 Å². The van der Waals surface area contributed by atoms with Gasteiger partial charge in [-0.05, 0) is 67.0 Å². The molecule has 2 unspecified atom stereocenters. The Kier molecular flexibility index (Phi) is 10.1. The van der Waals surface area contributed by atoms with Crippen LogP contribution in [0.5, 0.6) is 5.88 Å². The largest absolute Gasteiger partial charge is 0.479 e. The molecule has 0 aliphatic rings. The number of aliphatic hydroxyl groups excluding tert-OH is 2. The predicted molar refractivity (Wildman–Crippen MR) is 153 cm³/mol. The van der Waals surface area contributed by atoms with Gasteiger partial charge in [0.15, 0.2) is 5.76 Å². The summed E-state index contributed by atoms with van der Waals surface area (Å²) in [6, 6.07) is 8.01. The molecule has 0 saturated carbocycles. The molecule has 1 amide bonds. The number of aromatic nitrogens is 2. The van der Waals surface area contributed by atoms with E-state index in [0.29, 0.717) is 24.0 Å². The van der Waals surface area contributed by atoms with Crippen molar-refractivity contribution >= 4 is 17.5 Å². The molecule has 212 valence electrons. The molecule has 3 rings (SSSR count). The second-order valence-corrected chi connectivity index (χ2v) is 10.8. The number of rotatable bonds is 12. The third kappa shape index (κ3) is 7.80. The lowest BCUT2D eigenvalue weighted by Crippen LogP contribution is -2.37. The molecule has 3 N–H and O–H groups in total. The molecule has 0 radical (unpaired) electrons. The maximum Gasteiger partial charge on any atom is 0.291 e. The molecule has 0 aliphatic heterocycles. The zero-order valence-corrected chi connectivity index (χ0v) is 24.3. The van der Waals surface area contributed by atoms with E-state index in [1.54, 1.807) is 24.8 Å². The zero-order chi connectivity index (χ0) is 28.9. The molecule has 3 aromatic rings. The molecular weight excluding hydrogens is 496 g/mol. The number of carbonyl (C=O) groups is 1. The van der Waals surface area contributed by atoms with Crippen LogP contribution < -0.4 is 15.0 Å². The summed E-state index contributed by atoms with van der Waals surface area (Å²) in [6.07, 6.45) is 0.716. The van der Waals surface area contributed by atoms with Crippen LogP contribution in [-0.2, 0) is 6.42 Å². The first kappa shape index (κ1) is 30.1. The Morgan fingerprint density at radius 3 is 2.21 bits per heavy atom. The van der Waals surface area contributed by atoms with Crippen molar-refractivity contribution in [2.45, 2.75) is 78.9 Å². The van der Waals surface area contributed by atoms with Gasteiger partial charge < -0.3 is 29.6 Å². The van der Waals surface area contributed by atoms with Gasteiger partial charge in [-0.25, -0.2) is 4.98 Å². The van der Waals surface area contributed by atoms with E-state index in [-0.39, 0.29) is 36.4 Å². The minimum atomic E-state index is -0.653. The van der Waals surface area contributed by atoms with Crippen LogP contribution in [-0.4, -0.2) is 58.5 Å². The van der Waals surface area contributed by atoms with E-state index in [1.165, 1.54) is 35.6 Å². The first-order valence-corrected chi connectivity index (χ1v) is 13.4. The van der Waals surface area contributed by atoms with Gasteiger partial charge in [-0.3, -0.25) is 4.79 Å². The van der Waals surface area contributed by atoms with E-state index in [2.05, 4.69) is 62.0 Å². The van der Waals surface area contributed by atoms with E-state index >= 15 is 0 Å². The highest BCUT2D eigenvalue weighted by atomic mass is 16.5. The van der Waals surface area contributed by atoms with Crippen LogP contribution in [0.25, 0.3) is 0 Å². The molecule has 2 heterocycles. The third-order valence-electron chi connectivity index (χ3n) is 6.47. The Morgan fingerprint density at radius 1 is 1.03 bits per heavy atom. The molecule has 2 atom stereocenters. The van der Waals surface area contributed by atoms with Crippen molar-refractivity contribution in [3.05, 3.63) is 64.2 Å². The number of benzene rings is 1. The first-order valence-electron chi connectivity index (χ1n) is 13.4. The van der Waals surface area contributed by atoms with Crippen LogP contribution in [0.2, 0.25) is 0 Å². The van der Waals surface area contributed by atoms with Crippen molar-refractivity contribution < 1.29 is 24.2 Å². The minimum absolute atomic E-state index is 0.156. The molecule has 0 fully saturated rings. The van der Waals surface area contributed by atoms with E-state index in [9.17, 15) is 15.0 Å². The molecule has 0 aliphatic carbocycles. The Balaban J connectivity index is 1.78. The van der Waals surface area contributed by atoms with Gasteiger partial charge in [-0.1, -0.05) is 39.8 Å². The number of furan rings is 1. The number of anilines is 2. The fourth-order valence-corrected chi connectivity index (χ4v) is 4.58. The van der Waals surface area contributed by atoms with Crippen molar-refractivity contribution in [3.63, 3.8) is 0 Å². The smallest absolute Gasteiger partial charge is 0.291 e. The zero-order valence-electron chi connectivity index (χ0n) is 24.3. The Morgan fingerprint density at radius 2 is 1.64 bits per heavy atom. The summed E-state index contributed by atoms with van der Waals surface area (Å²) in [6.45, 7) is 14.7. The molecule has 0 saturated heterocycles. The van der Waals surface area contributed by atoms with Crippen molar-refractivity contribution in [3.8, 4) is 5.88 Å². The number of aryl methyl sites for hydroxylation is 1. The first-order chi connectivity index (χ1) is 18.4. The average Bonchev–Trinajstić information content (AvgIpc) is 3.32. The van der Waals surface area contributed by atoms with Crippen molar-refractivity contribution in [2.24, 2.45) is 0 Å². The molecule has 39 heavy (non-hydrogen) atoms. The summed E-state index contributed by atoms with van der Waals surface area (Å²) < 4.78 is 11.3. The quantitative estimate of drug-likeness (QED) is 0.293. The van der Waals surface area contributed by atoms with Crippen LogP contribution in [0, 0.1) is 6.92 Å². The highest BCUT2D eigenvalue weighted by molar-refractivity contribution is 6.02. The predicted octanol–water partition coefficient (Wildman–Crippen LogP) is 5.04. The maximum absolute atomic E-state index is 13.0. The lowest BCUT2D eigenvalue weighted by molar-refractivity contribution is 0.0994. The van der Waals surface area contributed by atoms with Crippen molar-refractivity contribution in [2.75, 3.05) is 30.4 Å². The van der Waals surface area contributed by atoms with Gasteiger partial charge in [0, 0.05) is 19.5 Å². The van der Waals surface area contributed by atoms with Crippen LogP contribution >= 0.6 is 0 Å². The Bertz CT molecular complexity index is 1260. The van der Waals surface area contributed by atoms with Crippen LogP contribution in [0.4, 0.5) is 11.6 Å². The standard InChI is InChI=1S/C30H42N4O5/c1-17(2)24-11-19(5)22(13-25(24)18(3)4)12-23-9-10-27(39-23)28(37)32-26-14-31-30(33-29(26)38-8)34(15-20(6)35)16-21(7)36/h9-11,13-14,17-18,20-21,35-36H,12,15-16H2,1-8H3,(H,32,37). The average molecular weight is 539 g/mol. The normalized spacial score (nSPS) is 13.0. The number of hydrogen-bond acceptors (Lipinski definition) is 8. The van der Waals surface area contributed by atoms with Gasteiger partial charge in [-0.15, -0.1) is 0 Å². The van der Waals surface area contributed by atoms with Gasteiger partial charge in [-0.2, -0.15) is 4.98 Å². The van der Waals surface area contributed by atoms with E-state index in [1.807, 2.05) is 6.07 Å². The highest BCUT2D eigenvalue weighted by Gasteiger charge is 2.20. The van der Waals surface area contributed by atoms with Crippen molar-refractivity contribution in [1.29, 1.82) is 0 Å². The van der Waals surface area contributed by atoms with Crippen molar-refractivity contribution in [1.82, 2.24) is 9.97 Å². The molecule has 0 spiro atoms. The minimum Gasteiger partial charge on any atom is -0.479 e. The van der Waals surface area contributed by atoms with Gasteiger partial charge in [0.2, 0.25) is 11.8 Å². The summed E-state index contributed by atoms with van der Waals surface area (Å²) in [5, 5.41) is 22.4. The topological polar surface area (TPSA) is 121 Å². The third-order valence-corrected chi connectivity index (χ3v) is 6.47. The summed E-state index contributed by atoms with van der Waals surface area (Å²) >= 11 is 0. The second-order valence-electron chi connectivity index (χ2n) is 10.8. The molecule has 2 aromatic heterocycles. The molecule has 1 aromatic carbocycles. The number of nitrogens with zero attached hydrogens (tertiary/aromatic N) is 3. The summed E-state index contributed by atoms with van der Waals surface area (Å²) in [5.74, 6) is 1.70. The van der Waals surface area contributed by atoms with Crippen LogP contribution in [0.1, 0.15) is 91.9 Å². The number of ether oxygens (including phenoxy) is 1. The number of nitrogens with one attached hydrogen (secondary N) is 1. The number of amides is 1. The summed E-state index contributed by atoms with van der Waals surface area (Å²) in [4.78, 5) is 23.4. The SMILES string of the molecule is COc1nc(N(CC(C)O)CC(C)O)ncc1NC(=O)c1ccc(Cc2cc(C(C)C)c(C(C)C)cc2C)o1. The highest BCUT2D eigenvalue weighted by Crippen LogP contribution is 2.31. The monoisotopic (exact) mass is 538 g/mol. The van der Waals surface area contributed by atoms with Gasteiger partial charge in [0.05, 0.1) is 25.5 Å². The molecule has 9 nitrogen and oxygen atoms in total. The molecule has 9 heteroatoms. The lowest BCUT2D eigenvalue weighted by Gasteiger charge is -2.25. The Labute approximate surface area is 231 Å². The number of carbonyl (C=O) groups excluding carboxylic acids is 1. The fourth-order valence-electron chi connectivity index (χ4n) is 4.58. The number of methoxy groups -OCH3 is 1. The number of hydrogen-bond donors (Lipinski definition) is 3. The van der Waals surface area contributed by atoms with E-state index in [4.69, 9.17) is 9.15 Å². The summed E-state index contributed by atoms with van der Waals surface area (Å²) in [7, 11) is 1.44. The van der Waals surface area contributed by atoms with E-state index < -0.39 is 18.1 Å². The fraction of sp³-hybridized carbons (Fsp3) is 0.500. The number of aliphatic hydroxyl groups is 2.